The lowest BCUT2D eigenvalue weighted by Gasteiger charge is -2.25. The first kappa shape index (κ1) is 16.5. The van der Waals surface area contributed by atoms with Crippen molar-refractivity contribution in [2.45, 2.75) is 31.2 Å². The Morgan fingerprint density at radius 3 is 2.26 bits per heavy atom. The molecule has 0 heterocycles. The number of methoxy groups -OCH3 is 1. The Labute approximate surface area is 123 Å². The van der Waals surface area contributed by atoms with E-state index in [-0.39, 0.29) is 6.04 Å². The molecule has 0 saturated heterocycles. The lowest BCUT2D eigenvalue weighted by atomic mass is 10.3. The zero-order valence-electron chi connectivity index (χ0n) is 11.5. The first-order valence-electron chi connectivity index (χ1n) is 6.15. The molecule has 1 aromatic rings. The first-order valence-corrected chi connectivity index (χ1v) is 8.71. The molecule has 0 aromatic heterocycles. The lowest BCUT2D eigenvalue weighted by molar-refractivity contribution is 0.355. The fraction of sp³-hybridized carbons (Fsp3) is 0.538. The third-order valence-electron chi connectivity index (χ3n) is 2.75. The van der Waals surface area contributed by atoms with Crippen LogP contribution in [-0.2, 0) is 10.0 Å². The zero-order chi connectivity index (χ0) is 14.5. The van der Waals surface area contributed by atoms with E-state index < -0.39 is 10.0 Å². The lowest BCUT2D eigenvalue weighted by Crippen LogP contribution is -2.37. The third-order valence-corrected chi connectivity index (χ3v) is 5.40. The normalized spacial score (nSPS) is 12.1. The fourth-order valence-electron chi connectivity index (χ4n) is 1.75. The molecule has 0 aliphatic heterocycles. The molecule has 0 saturated carbocycles. The van der Waals surface area contributed by atoms with E-state index in [1.807, 2.05) is 13.8 Å². The minimum absolute atomic E-state index is 0.0637. The maximum atomic E-state index is 12.5. The van der Waals surface area contributed by atoms with Crippen LogP contribution in [0.5, 0.6) is 5.75 Å². The number of sulfonamides is 1. The number of ether oxygens (including phenoxy) is 1. The Bertz CT molecular complexity index is 485. The van der Waals surface area contributed by atoms with Gasteiger partial charge in [0.25, 0.3) is 0 Å². The molecule has 0 aliphatic carbocycles. The maximum absolute atomic E-state index is 12.5. The van der Waals surface area contributed by atoms with Crippen LogP contribution in [0.15, 0.2) is 29.2 Å². The smallest absolute Gasteiger partial charge is 0.243 e. The first-order chi connectivity index (χ1) is 8.93. The number of rotatable bonds is 7. The van der Waals surface area contributed by atoms with Gasteiger partial charge in [0, 0.05) is 17.9 Å². The minimum atomic E-state index is -3.44. The van der Waals surface area contributed by atoms with Crippen molar-refractivity contribution in [2.24, 2.45) is 0 Å². The van der Waals surface area contributed by atoms with Crippen molar-refractivity contribution in [3.8, 4) is 5.75 Å². The molecule has 6 heteroatoms. The van der Waals surface area contributed by atoms with E-state index in [0.717, 1.165) is 11.8 Å². The summed E-state index contributed by atoms with van der Waals surface area (Å²) in [6, 6.07) is 6.42. The predicted molar refractivity (Wildman–Crippen MR) is 80.4 cm³/mol. The monoisotopic (exact) mass is 349 g/mol. The molecule has 108 valence electrons. The van der Waals surface area contributed by atoms with Gasteiger partial charge in [-0.1, -0.05) is 15.9 Å². The highest BCUT2D eigenvalue weighted by Crippen LogP contribution is 2.21. The molecular formula is C13H20BrNO3S. The Morgan fingerprint density at radius 1 is 1.26 bits per heavy atom. The van der Waals surface area contributed by atoms with Crippen LogP contribution in [0.2, 0.25) is 0 Å². The predicted octanol–water partition coefficient (Wildman–Crippen LogP) is 2.88. The SMILES string of the molecule is COc1ccc(S(=O)(=O)N(CCCBr)C(C)C)cc1. The second-order valence-corrected chi connectivity index (χ2v) is 7.11. The summed E-state index contributed by atoms with van der Waals surface area (Å²) in [4.78, 5) is 0.302. The van der Waals surface area contributed by atoms with Crippen molar-refractivity contribution < 1.29 is 13.2 Å². The number of hydrogen-bond donors (Lipinski definition) is 0. The van der Waals surface area contributed by atoms with Gasteiger partial charge in [0.2, 0.25) is 10.0 Å². The molecular weight excluding hydrogens is 330 g/mol. The molecule has 0 fully saturated rings. The average Bonchev–Trinajstić information content (AvgIpc) is 2.38. The topological polar surface area (TPSA) is 46.6 Å². The van der Waals surface area contributed by atoms with Crippen molar-refractivity contribution >= 4 is 26.0 Å². The van der Waals surface area contributed by atoms with Crippen LogP contribution in [0.1, 0.15) is 20.3 Å². The van der Waals surface area contributed by atoms with E-state index in [9.17, 15) is 8.42 Å². The molecule has 0 atom stereocenters. The van der Waals surface area contributed by atoms with Gasteiger partial charge in [-0.25, -0.2) is 8.42 Å². The molecule has 1 aromatic carbocycles. The summed E-state index contributed by atoms with van der Waals surface area (Å²) < 4.78 is 31.7. The van der Waals surface area contributed by atoms with Gasteiger partial charge in [0.1, 0.15) is 5.75 Å². The standard InChI is InChI=1S/C13H20BrNO3S/c1-11(2)15(10-4-9-14)19(16,17)13-7-5-12(18-3)6-8-13/h5-8,11H,4,9-10H2,1-3H3. The van der Waals surface area contributed by atoms with Gasteiger partial charge >= 0.3 is 0 Å². The van der Waals surface area contributed by atoms with Crippen LogP contribution in [0.25, 0.3) is 0 Å². The van der Waals surface area contributed by atoms with Crippen LogP contribution in [0.4, 0.5) is 0 Å². The van der Waals surface area contributed by atoms with Crippen LogP contribution in [0.3, 0.4) is 0 Å². The van der Waals surface area contributed by atoms with E-state index >= 15 is 0 Å². The summed E-state index contributed by atoms with van der Waals surface area (Å²) in [7, 11) is -1.89. The molecule has 0 aliphatic rings. The molecule has 0 unspecified atom stereocenters. The Morgan fingerprint density at radius 2 is 1.84 bits per heavy atom. The second kappa shape index (κ2) is 7.26. The molecule has 1 rings (SSSR count). The van der Waals surface area contributed by atoms with Gasteiger partial charge < -0.3 is 4.74 Å². The third kappa shape index (κ3) is 4.19. The Kier molecular flexibility index (Phi) is 6.29. The molecule has 0 spiro atoms. The second-order valence-electron chi connectivity index (χ2n) is 4.43. The van der Waals surface area contributed by atoms with Crippen LogP contribution < -0.4 is 4.74 Å². The average molecular weight is 350 g/mol. The zero-order valence-corrected chi connectivity index (χ0v) is 13.9. The number of nitrogens with zero attached hydrogens (tertiary/aromatic N) is 1. The molecule has 19 heavy (non-hydrogen) atoms. The Balaban J connectivity index is 3.04. The van der Waals surface area contributed by atoms with E-state index in [1.54, 1.807) is 31.4 Å². The van der Waals surface area contributed by atoms with E-state index in [4.69, 9.17) is 4.74 Å². The minimum Gasteiger partial charge on any atom is -0.497 e. The maximum Gasteiger partial charge on any atom is 0.243 e. The van der Waals surface area contributed by atoms with Gasteiger partial charge in [-0.3, -0.25) is 0 Å². The van der Waals surface area contributed by atoms with E-state index in [1.165, 1.54) is 4.31 Å². The van der Waals surface area contributed by atoms with Crippen molar-refractivity contribution in [3.63, 3.8) is 0 Å². The molecule has 0 N–H and O–H groups in total. The summed E-state index contributed by atoms with van der Waals surface area (Å²) in [5.41, 5.74) is 0. The summed E-state index contributed by atoms with van der Waals surface area (Å²) in [6.07, 6.45) is 0.785. The molecule has 0 bridgehead atoms. The molecule has 0 amide bonds. The quantitative estimate of drug-likeness (QED) is 0.711. The van der Waals surface area contributed by atoms with Crippen molar-refractivity contribution in [1.29, 1.82) is 0 Å². The summed E-state index contributed by atoms with van der Waals surface area (Å²) >= 11 is 3.33. The highest BCUT2D eigenvalue weighted by atomic mass is 79.9. The van der Waals surface area contributed by atoms with Crippen LogP contribution >= 0.6 is 15.9 Å². The number of benzene rings is 1. The van der Waals surface area contributed by atoms with Crippen LogP contribution in [-0.4, -0.2) is 37.7 Å². The van der Waals surface area contributed by atoms with Crippen molar-refractivity contribution in [3.05, 3.63) is 24.3 Å². The van der Waals surface area contributed by atoms with E-state index in [2.05, 4.69) is 15.9 Å². The summed E-state index contributed by atoms with van der Waals surface area (Å²) in [6.45, 7) is 4.28. The van der Waals surface area contributed by atoms with Gasteiger partial charge in [0.05, 0.1) is 12.0 Å². The number of halogens is 1. The van der Waals surface area contributed by atoms with Crippen molar-refractivity contribution in [1.82, 2.24) is 4.31 Å². The molecule has 4 nitrogen and oxygen atoms in total. The summed E-state index contributed by atoms with van der Waals surface area (Å²) in [5.74, 6) is 0.649. The highest BCUT2D eigenvalue weighted by molar-refractivity contribution is 9.09. The number of hydrogen-bond acceptors (Lipinski definition) is 3. The number of alkyl halides is 1. The van der Waals surface area contributed by atoms with Gasteiger partial charge in [-0.2, -0.15) is 4.31 Å². The van der Waals surface area contributed by atoms with Crippen molar-refractivity contribution in [2.75, 3.05) is 19.0 Å². The van der Waals surface area contributed by atoms with Crippen LogP contribution in [0, 0.1) is 0 Å². The molecule has 0 radical (unpaired) electrons. The summed E-state index contributed by atoms with van der Waals surface area (Å²) in [5, 5.41) is 0.786. The highest BCUT2D eigenvalue weighted by Gasteiger charge is 2.26. The largest absolute Gasteiger partial charge is 0.497 e. The Hall–Kier alpha value is -0.590. The van der Waals surface area contributed by atoms with Gasteiger partial charge in [-0.05, 0) is 44.5 Å². The van der Waals surface area contributed by atoms with Gasteiger partial charge in [0.15, 0.2) is 0 Å². The fourth-order valence-corrected chi connectivity index (χ4v) is 3.68. The van der Waals surface area contributed by atoms with E-state index in [0.29, 0.717) is 17.2 Å². The van der Waals surface area contributed by atoms with Gasteiger partial charge in [-0.15, -0.1) is 0 Å².